The van der Waals surface area contributed by atoms with Crippen molar-refractivity contribution in [2.75, 3.05) is 59.0 Å². The summed E-state index contributed by atoms with van der Waals surface area (Å²) in [6, 6.07) is 5.83. The van der Waals surface area contributed by atoms with Gasteiger partial charge in [-0.25, -0.2) is 8.42 Å². The number of rotatable bonds is 4. The number of carbonyl (C=O) groups excluding carboxylic acids is 2. The number of benzene rings is 1. The average Bonchev–Trinajstić information content (AvgIpc) is 3.04. The predicted molar refractivity (Wildman–Crippen MR) is 113 cm³/mol. The lowest BCUT2D eigenvalue weighted by molar-refractivity contribution is -0.141. The number of piperazine rings is 1. The zero-order chi connectivity index (χ0) is 22.0. The number of aliphatic imine (C=N–C) groups is 1. The number of nitrogens with one attached hydrogen (secondary N) is 1. The molecule has 3 aliphatic rings. The fourth-order valence-electron chi connectivity index (χ4n) is 3.97. The summed E-state index contributed by atoms with van der Waals surface area (Å²) in [5.41, 5.74) is 0.473. The number of hydrogen-bond acceptors (Lipinski definition) is 7. The monoisotopic (exact) mass is 449 g/mol. The summed E-state index contributed by atoms with van der Waals surface area (Å²) in [6.07, 6.45) is 0. The molecule has 1 aromatic rings. The van der Waals surface area contributed by atoms with Crippen molar-refractivity contribution in [3.05, 3.63) is 29.8 Å². The van der Waals surface area contributed by atoms with Crippen molar-refractivity contribution in [1.29, 1.82) is 0 Å². The van der Waals surface area contributed by atoms with Crippen LogP contribution in [-0.4, -0.2) is 106 Å². The number of amides is 2. The highest BCUT2D eigenvalue weighted by Crippen LogP contribution is 2.22. The van der Waals surface area contributed by atoms with Crippen LogP contribution in [0.15, 0.2) is 34.2 Å². The third-order valence-corrected chi connectivity index (χ3v) is 7.15. The van der Waals surface area contributed by atoms with Crippen molar-refractivity contribution in [1.82, 2.24) is 19.4 Å². The van der Waals surface area contributed by atoms with E-state index in [1.54, 1.807) is 34.9 Å². The first kappa shape index (κ1) is 21.7. The summed E-state index contributed by atoms with van der Waals surface area (Å²) in [7, 11) is -3.64. The van der Waals surface area contributed by atoms with Crippen LogP contribution in [0.2, 0.25) is 0 Å². The molecule has 0 spiro atoms. The Morgan fingerprint density at radius 3 is 2.42 bits per heavy atom. The molecule has 0 bridgehead atoms. The van der Waals surface area contributed by atoms with E-state index in [-0.39, 0.29) is 22.5 Å². The van der Waals surface area contributed by atoms with Gasteiger partial charge in [0.2, 0.25) is 11.8 Å². The highest BCUT2D eigenvalue weighted by molar-refractivity contribution is 7.90. The maximum Gasteiger partial charge on any atom is 0.263 e. The third kappa shape index (κ3) is 4.73. The Bertz CT molecular complexity index is 981. The van der Waals surface area contributed by atoms with E-state index in [0.717, 1.165) is 13.1 Å². The van der Waals surface area contributed by atoms with Crippen LogP contribution in [0.5, 0.6) is 0 Å². The van der Waals surface area contributed by atoms with E-state index in [9.17, 15) is 18.0 Å². The molecule has 0 saturated carbocycles. The second kappa shape index (κ2) is 8.93. The molecular weight excluding hydrogens is 422 g/mol. The van der Waals surface area contributed by atoms with Crippen molar-refractivity contribution in [3.8, 4) is 0 Å². The molecule has 0 unspecified atom stereocenters. The number of amidine groups is 1. The van der Waals surface area contributed by atoms with E-state index < -0.39 is 16.1 Å². The number of nitrogens with zero attached hydrogens (tertiary/aromatic N) is 4. The van der Waals surface area contributed by atoms with Gasteiger partial charge in [0, 0.05) is 44.8 Å². The first-order chi connectivity index (χ1) is 14.8. The van der Waals surface area contributed by atoms with Crippen LogP contribution in [0.25, 0.3) is 0 Å². The zero-order valence-corrected chi connectivity index (χ0v) is 18.3. The van der Waals surface area contributed by atoms with Crippen molar-refractivity contribution in [2.45, 2.75) is 17.9 Å². The largest absolute Gasteiger partial charge is 0.379 e. The van der Waals surface area contributed by atoms with Gasteiger partial charge in [-0.3, -0.25) is 24.2 Å². The Labute approximate surface area is 181 Å². The minimum atomic E-state index is -3.64. The molecular formula is C20H27N5O5S. The molecule has 3 aliphatic heterocycles. The van der Waals surface area contributed by atoms with E-state index >= 15 is 0 Å². The van der Waals surface area contributed by atoms with Crippen molar-refractivity contribution in [3.63, 3.8) is 0 Å². The minimum Gasteiger partial charge on any atom is -0.379 e. The first-order valence-electron chi connectivity index (χ1n) is 10.4. The molecule has 1 atom stereocenters. The van der Waals surface area contributed by atoms with Gasteiger partial charge < -0.3 is 14.5 Å². The number of ether oxygens (including phenoxy) is 1. The summed E-state index contributed by atoms with van der Waals surface area (Å²) in [4.78, 5) is 35.5. The zero-order valence-electron chi connectivity index (χ0n) is 17.5. The van der Waals surface area contributed by atoms with E-state index in [2.05, 4.69) is 14.6 Å². The molecule has 4 rings (SSSR count). The predicted octanol–water partition coefficient (Wildman–Crippen LogP) is -0.883. The van der Waals surface area contributed by atoms with Gasteiger partial charge in [-0.2, -0.15) is 0 Å². The third-order valence-electron chi connectivity index (χ3n) is 5.75. The molecule has 1 aromatic carbocycles. The summed E-state index contributed by atoms with van der Waals surface area (Å²) < 4.78 is 32.2. The molecule has 2 saturated heterocycles. The summed E-state index contributed by atoms with van der Waals surface area (Å²) in [5, 5.41) is 0. The van der Waals surface area contributed by atoms with Crippen LogP contribution in [0, 0.1) is 0 Å². The smallest absolute Gasteiger partial charge is 0.263 e. The van der Waals surface area contributed by atoms with E-state index in [4.69, 9.17) is 4.74 Å². The molecule has 0 radical (unpaired) electrons. The Morgan fingerprint density at radius 1 is 1.06 bits per heavy atom. The van der Waals surface area contributed by atoms with Gasteiger partial charge in [0.25, 0.3) is 10.0 Å². The summed E-state index contributed by atoms with van der Waals surface area (Å²) >= 11 is 0. The Balaban J connectivity index is 1.34. The maximum atomic E-state index is 12.9. The van der Waals surface area contributed by atoms with Gasteiger partial charge in [0.1, 0.15) is 11.9 Å². The number of carbonyl (C=O) groups is 2. The maximum absolute atomic E-state index is 12.9. The van der Waals surface area contributed by atoms with Crippen molar-refractivity contribution in [2.24, 2.45) is 4.99 Å². The Kier molecular flexibility index (Phi) is 6.26. The van der Waals surface area contributed by atoms with Crippen LogP contribution in [0.3, 0.4) is 0 Å². The van der Waals surface area contributed by atoms with Gasteiger partial charge in [-0.1, -0.05) is 12.1 Å². The Hall–Kier alpha value is -2.50. The molecule has 0 aliphatic carbocycles. The van der Waals surface area contributed by atoms with Crippen molar-refractivity contribution < 1.29 is 22.7 Å². The van der Waals surface area contributed by atoms with E-state index in [1.807, 2.05) is 0 Å². The van der Waals surface area contributed by atoms with Gasteiger partial charge in [-0.15, -0.1) is 0 Å². The Morgan fingerprint density at radius 2 is 1.71 bits per heavy atom. The first-order valence-corrected chi connectivity index (χ1v) is 11.9. The molecule has 2 fully saturated rings. The molecule has 11 heteroatoms. The number of sulfonamides is 1. The molecule has 10 nitrogen and oxygen atoms in total. The normalized spacial score (nSPS) is 23.3. The van der Waals surface area contributed by atoms with E-state index in [1.165, 1.54) is 6.07 Å². The second-order valence-electron chi connectivity index (χ2n) is 7.85. The average molecular weight is 450 g/mol. The van der Waals surface area contributed by atoms with Crippen LogP contribution in [0.4, 0.5) is 0 Å². The fraction of sp³-hybridized carbons (Fsp3) is 0.550. The van der Waals surface area contributed by atoms with Crippen LogP contribution < -0.4 is 4.72 Å². The molecule has 3 heterocycles. The summed E-state index contributed by atoms with van der Waals surface area (Å²) in [6.45, 7) is 6.68. The minimum absolute atomic E-state index is 0.0688. The standard InChI is InChI=1S/C20H27N5O5S/c1-15(21-19-16-4-2-3-5-17(16)31(28,29)22-19)20(27)25-8-6-24(7-9-25)18(26)14-23-10-12-30-13-11-23/h2-5,15H,6-14H2,1H3,(H,21,22)/t15-/m0/s1. The fourth-order valence-corrected chi connectivity index (χ4v) is 5.21. The number of fused-ring (bicyclic) bond motifs is 1. The second-order valence-corrected chi connectivity index (χ2v) is 9.50. The highest BCUT2D eigenvalue weighted by atomic mass is 32.2. The van der Waals surface area contributed by atoms with Gasteiger partial charge in [-0.05, 0) is 19.1 Å². The van der Waals surface area contributed by atoms with E-state index in [0.29, 0.717) is 51.5 Å². The molecule has 168 valence electrons. The van der Waals surface area contributed by atoms with Crippen LogP contribution in [0.1, 0.15) is 12.5 Å². The topological polar surface area (TPSA) is 112 Å². The molecule has 1 N–H and O–H groups in total. The van der Waals surface area contributed by atoms with Gasteiger partial charge in [0.05, 0.1) is 24.7 Å². The lowest BCUT2D eigenvalue weighted by Gasteiger charge is -2.37. The number of hydrogen-bond donors (Lipinski definition) is 1. The summed E-state index contributed by atoms with van der Waals surface area (Å²) in [5.74, 6) is 0.0754. The molecule has 2 amide bonds. The van der Waals surface area contributed by atoms with Gasteiger partial charge in [0.15, 0.2) is 0 Å². The lowest BCUT2D eigenvalue weighted by Crippen LogP contribution is -2.54. The molecule has 0 aromatic heterocycles. The van der Waals surface area contributed by atoms with Gasteiger partial charge >= 0.3 is 0 Å². The lowest BCUT2D eigenvalue weighted by atomic mass is 10.2. The molecule has 31 heavy (non-hydrogen) atoms. The highest BCUT2D eigenvalue weighted by Gasteiger charge is 2.32. The quantitative estimate of drug-likeness (QED) is 0.639. The van der Waals surface area contributed by atoms with Crippen molar-refractivity contribution >= 4 is 27.7 Å². The van der Waals surface area contributed by atoms with Crippen LogP contribution >= 0.6 is 0 Å². The number of morpholine rings is 1. The van der Waals surface area contributed by atoms with Crippen LogP contribution in [-0.2, 0) is 24.3 Å². The SMILES string of the molecule is C[C@H](N=C1NS(=O)(=O)c2ccccc21)C(=O)N1CCN(C(=O)CN2CCOCC2)CC1.